The third kappa shape index (κ3) is 1.97. The van der Waals surface area contributed by atoms with Gasteiger partial charge in [0.05, 0.1) is 5.52 Å². The number of fused-ring (bicyclic) bond motifs is 1. The molecule has 2 rings (SSSR count). The van der Waals surface area contributed by atoms with E-state index in [1.54, 1.807) is 0 Å². The van der Waals surface area contributed by atoms with E-state index in [9.17, 15) is 0 Å². The molecule has 0 spiro atoms. The van der Waals surface area contributed by atoms with Gasteiger partial charge in [-0.15, -0.1) is 0 Å². The van der Waals surface area contributed by atoms with Gasteiger partial charge in [-0.25, -0.2) is 4.98 Å². The first kappa shape index (κ1) is 11.6. The Bertz CT molecular complexity index is 520. The fraction of sp³-hybridized carbons (Fsp3) is 0.308. The average Bonchev–Trinajstić information content (AvgIpc) is 2.28. The molecule has 0 aliphatic carbocycles. The highest BCUT2D eigenvalue weighted by molar-refractivity contribution is 9.10. The highest BCUT2D eigenvalue weighted by Crippen LogP contribution is 2.29. The van der Waals surface area contributed by atoms with Crippen molar-refractivity contribution in [3.63, 3.8) is 0 Å². The largest absolute Gasteiger partial charge is 0.311 e. The second-order valence-electron chi connectivity index (χ2n) is 4.39. The van der Waals surface area contributed by atoms with Gasteiger partial charge in [-0.3, -0.25) is 0 Å². The Kier molecular flexibility index (Phi) is 3.00. The zero-order chi connectivity index (χ0) is 11.8. The van der Waals surface area contributed by atoms with Gasteiger partial charge >= 0.3 is 0 Å². The molecule has 0 amide bonds. The lowest BCUT2D eigenvalue weighted by molar-refractivity contribution is 0.441. The Balaban J connectivity index is 2.67. The smallest absolute Gasteiger partial charge is 0.111 e. The highest BCUT2D eigenvalue weighted by Gasteiger charge is 2.21. The molecule has 0 saturated heterocycles. The summed E-state index contributed by atoms with van der Waals surface area (Å²) in [6.07, 6.45) is 0. The Morgan fingerprint density at radius 3 is 2.62 bits per heavy atom. The van der Waals surface area contributed by atoms with Crippen molar-refractivity contribution in [1.82, 2.24) is 10.3 Å². The molecule has 0 unspecified atom stereocenters. The number of hydrogen-bond donors (Lipinski definition) is 1. The molecular formula is C13H15BrN2. The molecule has 2 nitrogen and oxygen atoms in total. The van der Waals surface area contributed by atoms with Gasteiger partial charge in [-0.05, 0) is 49.0 Å². The lowest BCUT2D eigenvalue weighted by atomic mass is 9.95. The van der Waals surface area contributed by atoms with E-state index in [0.29, 0.717) is 0 Å². The molecule has 0 aliphatic heterocycles. The first-order valence-electron chi connectivity index (χ1n) is 5.29. The van der Waals surface area contributed by atoms with Crippen molar-refractivity contribution in [2.45, 2.75) is 19.4 Å². The van der Waals surface area contributed by atoms with Crippen LogP contribution in [-0.4, -0.2) is 12.0 Å². The molecule has 1 heterocycles. The van der Waals surface area contributed by atoms with Crippen LogP contribution in [0.3, 0.4) is 0 Å². The number of benzene rings is 1. The van der Waals surface area contributed by atoms with E-state index in [1.165, 1.54) is 10.9 Å². The van der Waals surface area contributed by atoms with Gasteiger partial charge in [0, 0.05) is 16.5 Å². The number of rotatable bonds is 2. The van der Waals surface area contributed by atoms with Crippen molar-refractivity contribution >= 4 is 26.8 Å². The number of hydrogen-bond acceptors (Lipinski definition) is 2. The van der Waals surface area contributed by atoms with E-state index >= 15 is 0 Å². The number of para-hydroxylation sites is 1. The van der Waals surface area contributed by atoms with Crippen LogP contribution in [0.5, 0.6) is 0 Å². The topological polar surface area (TPSA) is 24.9 Å². The monoisotopic (exact) mass is 278 g/mol. The molecule has 0 saturated carbocycles. The first-order valence-corrected chi connectivity index (χ1v) is 6.08. The van der Waals surface area contributed by atoms with E-state index in [-0.39, 0.29) is 5.54 Å². The van der Waals surface area contributed by atoms with Crippen LogP contribution in [-0.2, 0) is 5.54 Å². The van der Waals surface area contributed by atoms with Gasteiger partial charge in [0.2, 0.25) is 0 Å². The van der Waals surface area contributed by atoms with Gasteiger partial charge in [-0.1, -0.05) is 18.2 Å². The number of aromatic nitrogens is 1. The third-order valence-corrected chi connectivity index (χ3v) is 3.58. The molecule has 0 atom stereocenters. The van der Waals surface area contributed by atoms with E-state index in [4.69, 9.17) is 0 Å². The summed E-state index contributed by atoms with van der Waals surface area (Å²) in [7, 11) is 1.96. The molecule has 84 valence electrons. The van der Waals surface area contributed by atoms with Crippen LogP contribution in [0.1, 0.15) is 19.4 Å². The minimum Gasteiger partial charge on any atom is -0.311 e. The van der Waals surface area contributed by atoms with Crippen LogP contribution in [0, 0.1) is 0 Å². The fourth-order valence-corrected chi connectivity index (χ4v) is 2.47. The normalized spacial score (nSPS) is 12.0. The summed E-state index contributed by atoms with van der Waals surface area (Å²) in [5, 5.41) is 4.46. The molecule has 0 bridgehead atoms. The minimum atomic E-state index is -0.0874. The van der Waals surface area contributed by atoms with E-state index < -0.39 is 0 Å². The summed E-state index contributed by atoms with van der Waals surface area (Å²) < 4.78 is 0.908. The Morgan fingerprint density at radius 1 is 1.25 bits per heavy atom. The summed E-state index contributed by atoms with van der Waals surface area (Å²) in [4.78, 5) is 4.57. The SMILES string of the molecule is CNC(C)(C)c1cc2ccccc2nc1Br. The van der Waals surface area contributed by atoms with E-state index in [1.807, 2.05) is 25.2 Å². The maximum atomic E-state index is 4.57. The van der Waals surface area contributed by atoms with Crippen molar-refractivity contribution < 1.29 is 0 Å². The Hall–Kier alpha value is -0.930. The van der Waals surface area contributed by atoms with Gasteiger partial charge < -0.3 is 5.32 Å². The zero-order valence-corrected chi connectivity index (χ0v) is 11.3. The standard InChI is InChI=1S/C13H15BrN2/c1-13(2,15-3)10-8-9-6-4-5-7-11(9)16-12(10)14/h4-8,15H,1-3H3. The van der Waals surface area contributed by atoms with Crippen LogP contribution in [0.15, 0.2) is 34.9 Å². The lowest BCUT2D eigenvalue weighted by Gasteiger charge is -2.25. The first-order chi connectivity index (χ1) is 7.54. The van der Waals surface area contributed by atoms with Crippen molar-refractivity contribution in [3.05, 3.63) is 40.5 Å². The number of nitrogens with zero attached hydrogens (tertiary/aromatic N) is 1. The number of nitrogens with one attached hydrogen (secondary N) is 1. The molecule has 3 heteroatoms. The maximum Gasteiger partial charge on any atom is 0.111 e. The Morgan fingerprint density at radius 2 is 1.94 bits per heavy atom. The molecular weight excluding hydrogens is 264 g/mol. The lowest BCUT2D eigenvalue weighted by Crippen LogP contribution is -2.33. The number of halogens is 1. The van der Waals surface area contributed by atoms with Gasteiger partial charge in [0.15, 0.2) is 0 Å². The van der Waals surface area contributed by atoms with Crippen LogP contribution < -0.4 is 5.32 Å². The highest BCUT2D eigenvalue weighted by atomic mass is 79.9. The molecule has 1 aromatic heterocycles. The van der Waals surface area contributed by atoms with Crippen LogP contribution in [0.25, 0.3) is 10.9 Å². The van der Waals surface area contributed by atoms with Crippen molar-refractivity contribution in [1.29, 1.82) is 0 Å². The second-order valence-corrected chi connectivity index (χ2v) is 5.15. The summed E-state index contributed by atoms with van der Waals surface area (Å²) >= 11 is 3.54. The summed E-state index contributed by atoms with van der Waals surface area (Å²) in [6.45, 7) is 4.28. The summed E-state index contributed by atoms with van der Waals surface area (Å²) in [5.41, 5.74) is 2.11. The maximum absolute atomic E-state index is 4.57. The predicted octanol–water partition coefficient (Wildman–Crippen LogP) is 3.45. The van der Waals surface area contributed by atoms with Crippen LogP contribution in [0.4, 0.5) is 0 Å². The van der Waals surface area contributed by atoms with E-state index in [2.05, 4.69) is 52.2 Å². The summed E-state index contributed by atoms with van der Waals surface area (Å²) in [6, 6.07) is 10.3. The van der Waals surface area contributed by atoms with Gasteiger partial charge in [-0.2, -0.15) is 0 Å². The van der Waals surface area contributed by atoms with Crippen molar-refractivity contribution in [2.24, 2.45) is 0 Å². The molecule has 0 aliphatic rings. The minimum absolute atomic E-state index is 0.0874. The van der Waals surface area contributed by atoms with Gasteiger partial charge in [0.1, 0.15) is 4.60 Å². The average molecular weight is 279 g/mol. The second kappa shape index (κ2) is 4.15. The van der Waals surface area contributed by atoms with E-state index in [0.717, 1.165) is 10.1 Å². The molecule has 16 heavy (non-hydrogen) atoms. The molecule has 1 N–H and O–H groups in total. The predicted molar refractivity (Wildman–Crippen MR) is 71.5 cm³/mol. The van der Waals surface area contributed by atoms with Crippen LogP contribution in [0.2, 0.25) is 0 Å². The molecule has 0 radical (unpaired) electrons. The molecule has 0 fully saturated rings. The third-order valence-electron chi connectivity index (χ3n) is 2.98. The van der Waals surface area contributed by atoms with Crippen LogP contribution >= 0.6 is 15.9 Å². The molecule has 2 aromatic rings. The number of pyridine rings is 1. The van der Waals surface area contributed by atoms with Crippen molar-refractivity contribution in [2.75, 3.05) is 7.05 Å². The quantitative estimate of drug-likeness (QED) is 0.852. The van der Waals surface area contributed by atoms with Crippen molar-refractivity contribution in [3.8, 4) is 0 Å². The fourth-order valence-electron chi connectivity index (χ4n) is 1.67. The summed E-state index contributed by atoms with van der Waals surface area (Å²) in [5.74, 6) is 0. The Labute approximate surface area is 104 Å². The molecule has 1 aromatic carbocycles. The zero-order valence-electron chi connectivity index (χ0n) is 9.71. The van der Waals surface area contributed by atoms with Gasteiger partial charge in [0.25, 0.3) is 0 Å².